The number of benzene rings is 2. The summed E-state index contributed by atoms with van der Waals surface area (Å²) in [6.45, 7) is 1.55. The van der Waals surface area contributed by atoms with Gasteiger partial charge in [-0.15, -0.1) is 0 Å². The van der Waals surface area contributed by atoms with Crippen molar-refractivity contribution in [3.05, 3.63) is 54.1 Å². The highest BCUT2D eigenvalue weighted by Crippen LogP contribution is 2.32. The smallest absolute Gasteiger partial charge is 0.258 e. The van der Waals surface area contributed by atoms with Gasteiger partial charge in [-0.25, -0.2) is 0 Å². The zero-order valence-electron chi connectivity index (χ0n) is 12.3. The van der Waals surface area contributed by atoms with E-state index in [0.29, 0.717) is 12.1 Å². The Morgan fingerprint density at radius 3 is 2.33 bits per heavy atom. The third-order valence-electron chi connectivity index (χ3n) is 3.91. The van der Waals surface area contributed by atoms with Crippen molar-refractivity contribution in [3.8, 4) is 0 Å². The number of nitrogens with one attached hydrogen (secondary N) is 1. The number of nitrogens with zero attached hydrogens (tertiary/aromatic N) is 2. The maximum Gasteiger partial charge on any atom is 0.258 e. The van der Waals surface area contributed by atoms with E-state index >= 15 is 0 Å². The van der Waals surface area contributed by atoms with Gasteiger partial charge >= 0.3 is 0 Å². The van der Waals surface area contributed by atoms with Crippen LogP contribution in [0.5, 0.6) is 0 Å². The van der Waals surface area contributed by atoms with Crippen molar-refractivity contribution < 1.29 is 4.79 Å². The summed E-state index contributed by atoms with van der Waals surface area (Å²) < 4.78 is 0. The van der Waals surface area contributed by atoms with E-state index in [2.05, 4.69) is 23.3 Å². The summed E-state index contributed by atoms with van der Waals surface area (Å²) in [6, 6.07) is 15.6. The number of amides is 1. The molecule has 21 heavy (non-hydrogen) atoms. The van der Waals surface area contributed by atoms with E-state index in [-0.39, 0.29) is 5.91 Å². The Kier molecular flexibility index (Phi) is 3.52. The second-order valence-corrected chi connectivity index (χ2v) is 5.19. The molecule has 0 atom stereocenters. The first-order chi connectivity index (χ1) is 10.2. The van der Waals surface area contributed by atoms with E-state index in [9.17, 15) is 4.79 Å². The number of rotatable bonds is 2. The molecular weight excluding hydrogens is 262 g/mol. The zero-order valence-corrected chi connectivity index (χ0v) is 12.3. The van der Waals surface area contributed by atoms with Gasteiger partial charge in [0.25, 0.3) is 5.91 Å². The lowest BCUT2D eigenvalue weighted by molar-refractivity contribution is 0.0987. The minimum absolute atomic E-state index is 0.0539. The predicted molar refractivity (Wildman–Crippen MR) is 87.4 cm³/mol. The van der Waals surface area contributed by atoms with E-state index in [1.807, 2.05) is 54.4 Å². The van der Waals surface area contributed by atoms with Crippen LogP contribution < -0.4 is 15.1 Å². The van der Waals surface area contributed by atoms with E-state index in [0.717, 1.165) is 23.6 Å². The molecule has 0 aliphatic carbocycles. The second-order valence-electron chi connectivity index (χ2n) is 5.19. The van der Waals surface area contributed by atoms with E-state index in [1.54, 1.807) is 0 Å². The third-order valence-corrected chi connectivity index (χ3v) is 3.91. The largest absolute Gasteiger partial charge is 0.388 e. The fourth-order valence-corrected chi connectivity index (χ4v) is 2.65. The Labute approximate surface area is 125 Å². The predicted octanol–water partition coefficient (Wildman–Crippen LogP) is 2.82. The molecule has 108 valence electrons. The fourth-order valence-electron chi connectivity index (χ4n) is 2.65. The summed E-state index contributed by atoms with van der Waals surface area (Å²) in [5.41, 5.74) is 3.80. The van der Waals surface area contributed by atoms with Crippen molar-refractivity contribution in [3.63, 3.8) is 0 Å². The van der Waals surface area contributed by atoms with Crippen molar-refractivity contribution in [2.75, 3.05) is 42.3 Å². The van der Waals surface area contributed by atoms with Gasteiger partial charge in [0.1, 0.15) is 0 Å². The van der Waals surface area contributed by atoms with E-state index in [1.165, 1.54) is 0 Å². The molecule has 0 aromatic heterocycles. The Hall–Kier alpha value is -2.49. The van der Waals surface area contributed by atoms with Crippen molar-refractivity contribution in [1.82, 2.24) is 0 Å². The van der Waals surface area contributed by atoms with Crippen molar-refractivity contribution in [2.24, 2.45) is 0 Å². The molecule has 2 aromatic carbocycles. The third kappa shape index (κ3) is 2.44. The van der Waals surface area contributed by atoms with Gasteiger partial charge in [0.2, 0.25) is 0 Å². The molecule has 0 saturated carbocycles. The van der Waals surface area contributed by atoms with E-state index in [4.69, 9.17) is 0 Å². The number of carbonyl (C=O) groups is 1. The number of hydrogen-bond acceptors (Lipinski definition) is 3. The maximum atomic E-state index is 12.8. The number of carbonyl (C=O) groups excluding carboxylic acids is 1. The molecule has 4 nitrogen and oxygen atoms in total. The summed E-state index contributed by atoms with van der Waals surface area (Å²) in [6.07, 6.45) is 0. The van der Waals surface area contributed by atoms with Crippen molar-refractivity contribution in [1.29, 1.82) is 0 Å². The molecule has 0 spiro atoms. The van der Waals surface area contributed by atoms with Gasteiger partial charge in [-0.3, -0.25) is 4.79 Å². The van der Waals surface area contributed by atoms with Gasteiger partial charge < -0.3 is 15.1 Å². The summed E-state index contributed by atoms with van der Waals surface area (Å²) in [4.78, 5) is 16.8. The maximum absolute atomic E-state index is 12.8. The van der Waals surface area contributed by atoms with Gasteiger partial charge in [-0.05, 0) is 36.4 Å². The number of para-hydroxylation sites is 2. The molecule has 1 N–H and O–H groups in total. The molecule has 1 aliphatic heterocycles. The summed E-state index contributed by atoms with van der Waals surface area (Å²) >= 11 is 0. The summed E-state index contributed by atoms with van der Waals surface area (Å²) in [5, 5.41) is 3.06. The van der Waals surface area contributed by atoms with Gasteiger partial charge in [-0.1, -0.05) is 12.1 Å². The first kappa shape index (κ1) is 13.5. The SMILES string of the molecule is CNc1ccc(C(=O)N2CCN(C)c3ccccc32)cc1. The molecule has 0 saturated heterocycles. The lowest BCUT2D eigenvalue weighted by Gasteiger charge is -2.35. The highest BCUT2D eigenvalue weighted by Gasteiger charge is 2.25. The number of fused-ring (bicyclic) bond motifs is 1. The molecule has 1 heterocycles. The van der Waals surface area contributed by atoms with Crippen LogP contribution >= 0.6 is 0 Å². The molecule has 4 heteroatoms. The first-order valence-corrected chi connectivity index (χ1v) is 7.10. The highest BCUT2D eigenvalue weighted by molar-refractivity contribution is 6.08. The molecule has 1 amide bonds. The van der Waals surface area contributed by atoms with Crippen LogP contribution in [0.15, 0.2) is 48.5 Å². The Morgan fingerprint density at radius 1 is 1.00 bits per heavy atom. The molecule has 1 aliphatic rings. The van der Waals surface area contributed by atoms with Gasteiger partial charge in [-0.2, -0.15) is 0 Å². The normalized spacial score (nSPS) is 13.8. The standard InChI is InChI=1S/C17H19N3O/c1-18-14-9-7-13(8-10-14)17(21)20-12-11-19(2)15-5-3-4-6-16(15)20/h3-10,18H,11-12H2,1-2H3. The topological polar surface area (TPSA) is 35.6 Å². The molecule has 0 fully saturated rings. The van der Waals surface area contributed by atoms with E-state index < -0.39 is 0 Å². The Morgan fingerprint density at radius 2 is 1.67 bits per heavy atom. The van der Waals surface area contributed by atoms with Crippen LogP contribution in [-0.2, 0) is 0 Å². The molecule has 0 bridgehead atoms. The molecule has 3 rings (SSSR count). The summed E-state index contributed by atoms with van der Waals surface area (Å²) in [7, 11) is 3.93. The fraction of sp³-hybridized carbons (Fsp3) is 0.235. The minimum Gasteiger partial charge on any atom is -0.388 e. The zero-order chi connectivity index (χ0) is 14.8. The molecule has 0 unspecified atom stereocenters. The Bertz CT molecular complexity index is 651. The van der Waals surface area contributed by atoms with Gasteiger partial charge in [0, 0.05) is 38.4 Å². The number of anilines is 3. The van der Waals surface area contributed by atoms with Gasteiger partial charge in [0.15, 0.2) is 0 Å². The summed E-state index contributed by atoms with van der Waals surface area (Å²) in [5.74, 6) is 0.0539. The first-order valence-electron chi connectivity index (χ1n) is 7.10. The van der Waals surface area contributed by atoms with Crippen molar-refractivity contribution in [2.45, 2.75) is 0 Å². The van der Waals surface area contributed by atoms with Crippen LogP contribution in [0.4, 0.5) is 17.1 Å². The molecule has 2 aromatic rings. The van der Waals surface area contributed by atoms with Crippen LogP contribution in [0.3, 0.4) is 0 Å². The Balaban J connectivity index is 1.93. The minimum atomic E-state index is 0.0539. The number of likely N-dealkylation sites (N-methyl/N-ethyl adjacent to an activating group) is 1. The van der Waals surface area contributed by atoms with Gasteiger partial charge in [0.05, 0.1) is 11.4 Å². The monoisotopic (exact) mass is 281 g/mol. The quantitative estimate of drug-likeness (QED) is 0.919. The molecular formula is C17H19N3O. The lowest BCUT2D eigenvalue weighted by atomic mass is 10.1. The lowest BCUT2D eigenvalue weighted by Crippen LogP contribution is -2.42. The van der Waals surface area contributed by atoms with Crippen molar-refractivity contribution >= 4 is 23.0 Å². The van der Waals surface area contributed by atoms with Crippen LogP contribution in [0, 0.1) is 0 Å². The van der Waals surface area contributed by atoms with Crippen LogP contribution in [0.25, 0.3) is 0 Å². The van der Waals surface area contributed by atoms with Crippen LogP contribution in [-0.4, -0.2) is 33.1 Å². The average Bonchev–Trinajstić information content (AvgIpc) is 2.55. The highest BCUT2D eigenvalue weighted by atomic mass is 16.2. The number of hydrogen-bond donors (Lipinski definition) is 1. The molecule has 0 radical (unpaired) electrons. The second kappa shape index (κ2) is 5.48. The average molecular weight is 281 g/mol. The van der Waals surface area contributed by atoms with Crippen LogP contribution in [0.1, 0.15) is 10.4 Å². The van der Waals surface area contributed by atoms with Crippen LogP contribution in [0.2, 0.25) is 0 Å².